The summed E-state index contributed by atoms with van der Waals surface area (Å²) in [6.07, 6.45) is 4.37. The second kappa shape index (κ2) is 6.73. The third-order valence-electron chi connectivity index (χ3n) is 4.79. The van der Waals surface area contributed by atoms with E-state index in [1.54, 1.807) is 0 Å². The summed E-state index contributed by atoms with van der Waals surface area (Å²) in [5.41, 5.74) is 0.385. The Kier molecular flexibility index (Phi) is 4.71. The van der Waals surface area contributed by atoms with Crippen LogP contribution in [0, 0.1) is 17.6 Å². The fourth-order valence-electron chi connectivity index (χ4n) is 3.46. The molecular formula is C17H22F2N2O. The molecule has 0 bridgehead atoms. The monoisotopic (exact) mass is 308 g/mol. The highest BCUT2D eigenvalue weighted by molar-refractivity contribution is 5.79. The van der Waals surface area contributed by atoms with E-state index in [4.69, 9.17) is 0 Å². The Morgan fingerprint density at radius 3 is 2.45 bits per heavy atom. The molecule has 1 saturated heterocycles. The molecule has 0 aromatic heterocycles. The molecule has 2 aliphatic rings. The van der Waals surface area contributed by atoms with Gasteiger partial charge in [0.1, 0.15) is 11.6 Å². The number of carbonyl (C=O) groups is 1. The van der Waals surface area contributed by atoms with Gasteiger partial charge >= 0.3 is 0 Å². The van der Waals surface area contributed by atoms with Crippen LogP contribution in [0.15, 0.2) is 18.2 Å². The summed E-state index contributed by atoms with van der Waals surface area (Å²) in [5.74, 6) is -0.279. The zero-order chi connectivity index (χ0) is 15.5. The van der Waals surface area contributed by atoms with Crippen molar-refractivity contribution >= 4 is 5.91 Å². The number of hydrogen-bond donors (Lipinski definition) is 0. The van der Waals surface area contributed by atoms with Crippen molar-refractivity contribution in [1.82, 2.24) is 9.80 Å². The van der Waals surface area contributed by atoms with Crippen LogP contribution in [0.1, 0.15) is 31.2 Å². The van der Waals surface area contributed by atoms with Crippen LogP contribution >= 0.6 is 0 Å². The van der Waals surface area contributed by atoms with Crippen molar-refractivity contribution in [2.45, 2.75) is 32.2 Å². The quantitative estimate of drug-likeness (QED) is 0.857. The summed E-state index contributed by atoms with van der Waals surface area (Å²) in [5, 5.41) is 0. The van der Waals surface area contributed by atoms with Crippen molar-refractivity contribution in [2.75, 3.05) is 26.2 Å². The Labute approximate surface area is 129 Å². The maximum atomic E-state index is 13.7. The lowest BCUT2D eigenvalue weighted by molar-refractivity contribution is -0.137. The zero-order valence-electron chi connectivity index (χ0n) is 12.7. The maximum Gasteiger partial charge on any atom is 0.225 e. The van der Waals surface area contributed by atoms with Gasteiger partial charge in [-0.05, 0) is 31.0 Å². The lowest BCUT2D eigenvalue weighted by atomic mass is 10.1. The van der Waals surface area contributed by atoms with Crippen molar-refractivity contribution in [2.24, 2.45) is 5.92 Å². The van der Waals surface area contributed by atoms with E-state index < -0.39 is 5.82 Å². The molecule has 1 saturated carbocycles. The molecule has 5 heteroatoms. The van der Waals surface area contributed by atoms with Crippen LogP contribution in [0.2, 0.25) is 0 Å². The van der Waals surface area contributed by atoms with Crippen LogP contribution in [0.5, 0.6) is 0 Å². The van der Waals surface area contributed by atoms with Crippen molar-refractivity contribution in [3.8, 4) is 0 Å². The van der Waals surface area contributed by atoms with Gasteiger partial charge in [-0.1, -0.05) is 12.8 Å². The van der Waals surface area contributed by atoms with Crippen molar-refractivity contribution in [3.05, 3.63) is 35.4 Å². The van der Waals surface area contributed by atoms with E-state index >= 15 is 0 Å². The molecule has 1 aromatic carbocycles. The molecule has 0 atom stereocenters. The third-order valence-corrected chi connectivity index (χ3v) is 4.79. The summed E-state index contributed by atoms with van der Waals surface area (Å²) >= 11 is 0. The number of amides is 1. The number of benzene rings is 1. The van der Waals surface area contributed by atoms with Gasteiger partial charge in [0.2, 0.25) is 5.91 Å². The Morgan fingerprint density at radius 1 is 1.09 bits per heavy atom. The number of carbonyl (C=O) groups excluding carboxylic acids is 1. The first-order valence-electron chi connectivity index (χ1n) is 8.08. The number of halogens is 2. The van der Waals surface area contributed by atoms with Crippen molar-refractivity contribution < 1.29 is 13.6 Å². The molecule has 3 nitrogen and oxygen atoms in total. The van der Waals surface area contributed by atoms with Crippen molar-refractivity contribution in [3.63, 3.8) is 0 Å². The van der Waals surface area contributed by atoms with E-state index in [9.17, 15) is 13.6 Å². The topological polar surface area (TPSA) is 23.6 Å². The molecule has 0 radical (unpaired) electrons. The van der Waals surface area contributed by atoms with Crippen LogP contribution < -0.4 is 0 Å². The van der Waals surface area contributed by atoms with E-state index in [1.807, 2.05) is 4.90 Å². The minimum Gasteiger partial charge on any atom is -0.340 e. The van der Waals surface area contributed by atoms with E-state index in [-0.39, 0.29) is 17.6 Å². The maximum absolute atomic E-state index is 13.7. The van der Waals surface area contributed by atoms with Gasteiger partial charge in [-0.2, -0.15) is 0 Å². The molecule has 2 fully saturated rings. The normalized spacial score (nSPS) is 20.5. The van der Waals surface area contributed by atoms with Gasteiger partial charge in [-0.25, -0.2) is 8.78 Å². The van der Waals surface area contributed by atoms with Gasteiger partial charge in [0.15, 0.2) is 0 Å². The number of piperazine rings is 1. The highest BCUT2D eigenvalue weighted by atomic mass is 19.1. The molecule has 1 heterocycles. The Hall–Kier alpha value is -1.49. The standard InChI is InChI=1S/C17H22F2N2O/c18-15-5-6-16(19)14(11-15)12-20-7-9-21(10-8-20)17(22)13-3-1-2-4-13/h5-6,11,13H,1-4,7-10,12H2. The molecule has 1 aliphatic carbocycles. The average Bonchev–Trinajstić information content (AvgIpc) is 3.05. The van der Waals surface area contributed by atoms with Crippen LogP contribution in [-0.4, -0.2) is 41.9 Å². The van der Waals surface area contributed by atoms with Gasteiger partial charge in [-0.15, -0.1) is 0 Å². The van der Waals surface area contributed by atoms with Gasteiger partial charge in [0.05, 0.1) is 0 Å². The fourth-order valence-corrected chi connectivity index (χ4v) is 3.46. The Bertz CT molecular complexity index is 535. The smallest absolute Gasteiger partial charge is 0.225 e. The Morgan fingerprint density at radius 2 is 1.77 bits per heavy atom. The predicted molar refractivity (Wildman–Crippen MR) is 80.2 cm³/mol. The lowest BCUT2D eigenvalue weighted by Crippen LogP contribution is -2.49. The Balaban J connectivity index is 1.53. The van der Waals surface area contributed by atoms with Crippen molar-refractivity contribution in [1.29, 1.82) is 0 Å². The average molecular weight is 308 g/mol. The molecule has 1 aromatic rings. The van der Waals surface area contributed by atoms with Gasteiger partial charge in [0, 0.05) is 44.2 Å². The minimum atomic E-state index is -0.411. The lowest BCUT2D eigenvalue weighted by Gasteiger charge is -2.36. The molecule has 0 spiro atoms. The summed E-state index contributed by atoms with van der Waals surface area (Å²) in [6.45, 7) is 3.20. The highest BCUT2D eigenvalue weighted by Gasteiger charge is 2.29. The molecule has 0 unspecified atom stereocenters. The summed E-state index contributed by atoms with van der Waals surface area (Å²) in [4.78, 5) is 16.4. The summed E-state index contributed by atoms with van der Waals surface area (Å²) in [6, 6.07) is 3.56. The van der Waals surface area contributed by atoms with Crippen LogP contribution in [0.25, 0.3) is 0 Å². The first kappa shape index (κ1) is 15.4. The number of nitrogens with zero attached hydrogens (tertiary/aromatic N) is 2. The van der Waals surface area contributed by atoms with Crippen LogP contribution in [0.4, 0.5) is 8.78 Å². The fraction of sp³-hybridized carbons (Fsp3) is 0.588. The van der Waals surface area contributed by atoms with E-state index in [0.29, 0.717) is 38.3 Å². The third kappa shape index (κ3) is 3.46. The number of hydrogen-bond acceptors (Lipinski definition) is 2. The second-order valence-electron chi connectivity index (χ2n) is 6.32. The van der Waals surface area contributed by atoms with Gasteiger partial charge < -0.3 is 4.90 Å². The molecular weight excluding hydrogens is 286 g/mol. The molecule has 0 N–H and O–H groups in total. The first-order valence-corrected chi connectivity index (χ1v) is 8.08. The number of rotatable bonds is 3. The first-order chi connectivity index (χ1) is 10.6. The van der Waals surface area contributed by atoms with Crippen LogP contribution in [0.3, 0.4) is 0 Å². The molecule has 3 rings (SSSR count). The molecule has 1 aliphatic heterocycles. The highest BCUT2D eigenvalue weighted by Crippen LogP contribution is 2.27. The van der Waals surface area contributed by atoms with E-state index in [1.165, 1.54) is 12.1 Å². The largest absolute Gasteiger partial charge is 0.340 e. The van der Waals surface area contributed by atoms with Gasteiger partial charge in [-0.3, -0.25) is 9.69 Å². The minimum absolute atomic E-state index is 0.215. The van der Waals surface area contributed by atoms with E-state index in [2.05, 4.69) is 4.90 Å². The van der Waals surface area contributed by atoms with E-state index in [0.717, 1.165) is 31.7 Å². The van der Waals surface area contributed by atoms with Crippen LogP contribution in [-0.2, 0) is 11.3 Å². The second-order valence-corrected chi connectivity index (χ2v) is 6.32. The van der Waals surface area contributed by atoms with Gasteiger partial charge in [0.25, 0.3) is 0 Å². The molecule has 120 valence electrons. The SMILES string of the molecule is O=C(C1CCCC1)N1CCN(Cc2cc(F)ccc2F)CC1. The summed E-state index contributed by atoms with van der Waals surface area (Å²) in [7, 11) is 0. The zero-order valence-corrected chi connectivity index (χ0v) is 12.7. The predicted octanol–water partition coefficient (Wildman–Crippen LogP) is 2.80. The molecule has 22 heavy (non-hydrogen) atoms. The molecule has 1 amide bonds. The summed E-state index contributed by atoms with van der Waals surface area (Å²) < 4.78 is 26.9.